The van der Waals surface area contributed by atoms with Crippen LogP contribution in [-0.4, -0.2) is 21.8 Å². The molecule has 0 fully saturated rings. The summed E-state index contributed by atoms with van der Waals surface area (Å²) in [5, 5.41) is 10.8. The number of benzene rings is 1. The van der Waals surface area contributed by atoms with Crippen molar-refractivity contribution in [2.45, 2.75) is 23.0 Å². The van der Waals surface area contributed by atoms with Crippen LogP contribution in [0.3, 0.4) is 0 Å². The highest BCUT2D eigenvalue weighted by molar-refractivity contribution is 7.99. The molecule has 0 spiro atoms. The number of nitrogens with one attached hydrogen (secondary N) is 2. The summed E-state index contributed by atoms with van der Waals surface area (Å²) >= 11 is 7.66. The molecule has 1 aromatic carbocycles. The first-order valence-corrected chi connectivity index (χ1v) is 6.98. The standard InChI is InChI=1S/C12H15ClN4OS/c1-7(14-2)9-5-4-8(6-10(9)13)19-12-16-15-11(18)17(12)3/h4-7,14H,1-3H3,(H,15,18). The van der Waals surface area contributed by atoms with Gasteiger partial charge in [-0.25, -0.2) is 9.89 Å². The Bertz CT molecular complexity index is 637. The van der Waals surface area contributed by atoms with Crippen molar-refractivity contribution in [1.82, 2.24) is 20.1 Å². The van der Waals surface area contributed by atoms with Gasteiger partial charge in [0, 0.05) is 23.0 Å². The van der Waals surface area contributed by atoms with Gasteiger partial charge in [-0.15, -0.1) is 5.10 Å². The largest absolute Gasteiger partial charge is 0.343 e. The van der Waals surface area contributed by atoms with E-state index in [0.29, 0.717) is 10.2 Å². The Labute approximate surface area is 120 Å². The van der Waals surface area contributed by atoms with Crippen molar-refractivity contribution in [2.24, 2.45) is 7.05 Å². The van der Waals surface area contributed by atoms with Crippen molar-refractivity contribution in [3.8, 4) is 0 Å². The van der Waals surface area contributed by atoms with Gasteiger partial charge < -0.3 is 5.32 Å². The second-order valence-corrected chi connectivity index (χ2v) is 5.61. The Kier molecular flexibility index (Phi) is 4.34. The molecular weight excluding hydrogens is 284 g/mol. The number of H-pyrrole nitrogens is 1. The van der Waals surface area contributed by atoms with Crippen molar-refractivity contribution in [2.75, 3.05) is 7.05 Å². The lowest BCUT2D eigenvalue weighted by Crippen LogP contribution is -2.13. The van der Waals surface area contributed by atoms with E-state index in [1.54, 1.807) is 7.05 Å². The zero-order chi connectivity index (χ0) is 14.0. The average molecular weight is 299 g/mol. The van der Waals surface area contributed by atoms with Gasteiger partial charge in [0.15, 0.2) is 5.16 Å². The molecule has 0 amide bonds. The maximum Gasteiger partial charge on any atom is 0.343 e. The fraction of sp³-hybridized carbons (Fsp3) is 0.333. The summed E-state index contributed by atoms with van der Waals surface area (Å²) in [6, 6.07) is 6.03. The molecule has 1 unspecified atom stereocenters. The van der Waals surface area contributed by atoms with E-state index in [1.165, 1.54) is 16.3 Å². The maximum atomic E-state index is 11.3. The molecule has 2 N–H and O–H groups in total. The Morgan fingerprint density at radius 3 is 2.79 bits per heavy atom. The third-order valence-electron chi connectivity index (χ3n) is 2.92. The van der Waals surface area contributed by atoms with E-state index in [4.69, 9.17) is 11.6 Å². The number of hydrogen-bond donors (Lipinski definition) is 2. The molecule has 0 aliphatic rings. The number of nitrogens with zero attached hydrogens (tertiary/aromatic N) is 2. The Hall–Kier alpha value is -1.24. The first-order valence-electron chi connectivity index (χ1n) is 5.79. The van der Waals surface area contributed by atoms with E-state index in [-0.39, 0.29) is 11.7 Å². The van der Waals surface area contributed by atoms with E-state index in [2.05, 4.69) is 15.5 Å². The molecule has 1 aromatic heterocycles. The van der Waals surface area contributed by atoms with Gasteiger partial charge in [0.2, 0.25) is 0 Å². The van der Waals surface area contributed by atoms with Crippen LogP contribution in [0.4, 0.5) is 0 Å². The van der Waals surface area contributed by atoms with Crippen LogP contribution in [-0.2, 0) is 7.05 Å². The lowest BCUT2D eigenvalue weighted by molar-refractivity contribution is 0.652. The smallest absolute Gasteiger partial charge is 0.313 e. The summed E-state index contributed by atoms with van der Waals surface area (Å²) < 4.78 is 1.46. The van der Waals surface area contributed by atoms with E-state index in [1.807, 2.05) is 32.2 Å². The molecule has 19 heavy (non-hydrogen) atoms. The van der Waals surface area contributed by atoms with E-state index in [0.717, 1.165) is 10.5 Å². The second-order valence-electron chi connectivity index (χ2n) is 4.17. The quantitative estimate of drug-likeness (QED) is 0.908. The molecule has 0 aliphatic heterocycles. The molecule has 5 nitrogen and oxygen atoms in total. The predicted molar refractivity (Wildman–Crippen MR) is 76.9 cm³/mol. The van der Waals surface area contributed by atoms with Crippen LogP contribution in [0, 0.1) is 0 Å². The highest BCUT2D eigenvalue weighted by Crippen LogP contribution is 2.31. The van der Waals surface area contributed by atoms with Crippen molar-refractivity contribution >= 4 is 23.4 Å². The zero-order valence-electron chi connectivity index (χ0n) is 10.9. The van der Waals surface area contributed by atoms with E-state index >= 15 is 0 Å². The first kappa shape index (κ1) is 14.2. The Balaban J connectivity index is 2.25. The maximum absolute atomic E-state index is 11.3. The Morgan fingerprint density at radius 2 is 2.26 bits per heavy atom. The van der Waals surface area contributed by atoms with Crippen LogP contribution >= 0.6 is 23.4 Å². The van der Waals surface area contributed by atoms with Gasteiger partial charge in [0.25, 0.3) is 0 Å². The van der Waals surface area contributed by atoms with Gasteiger partial charge in [-0.2, -0.15) is 0 Å². The fourth-order valence-electron chi connectivity index (χ4n) is 1.61. The summed E-state index contributed by atoms with van der Waals surface area (Å²) in [5.74, 6) is 0. The van der Waals surface area contributed by atoms with Crippen molar-refractivity contribution < 1.29 is 0 Å². The summed E-state index contributed by atoms with van der Waals surface area (Å²) in [7, 11) is 3.57. The number of hydrogen-bond acceptors (Lipinski definition) is 4. The normalized spacial score (nSPS) is 12.6. The molecule has 2 aromatic rings. The number of aromatic nitrogens is 3. The molecule has 0 aliphatic carbocycles. The van der Waals surface area contributed by atoms with Crippen molar-refractivity contribution in [1.29, 1.82) is 0 Å². The number of rotatable bonds is 4. The van der Waals surface area contributed by atoms with Crippen molar-refractivity contribution in [3.05, 3.63) is 39.3 Å². The summed E-state index contributed by atoms with van der Waals surface area (Å²) in [6.07, 6.45) is 0. The average Bonchev–Trinajstić information content (AvgIpc) is 2.70. The van der Waals surface area contributed by atoms with E-state index in [9.17, 15) is 4.79 Å². The highest BCUT2D eigenvalue weighted by Gasteiger charge is 2.11. The Morgan fingerprint density at radius 1 is 1.53 bits per heavy atom. The third kappa shape index (κ3) is 3.02. The highest BCUT2D eigenvalue weighted by atomic mass is 35.5. The predicted octanol–water partition coefficient (Wildman–Crippen LogP) is 2.19. The van der Waals surface area contributed by atoms with Gasteiger partial charge >= 0.3 is 5.69 Å². The SMILES string of the molecule is CNC(C)c1ccc(Sc2n[nH]c(=O)n2C)cc1Cl. The molecule has 0 radical (unpaired) electrons. The molecule has 102 valence electrons. The number of halogens is 1. The molecule has 0 bridgehead atoms. The van der Waals surface area contributed by atoms with Crippen LogP contribution in [0.5, 0.6) is 0 Å². The topological polar surface area (TPSA) is 62.7 Å². The molecule has 1 atom stereocenters. The minimum atomic E-state index is -0.228. The molecule has 2 rings (SSSR count). The summed E-state index contributed by atoms with van der Waals surface area (Å²) in [5.41, 5.74) is 0.818. The molecule has 0 saturated carbocycles. The van der Waals surface area contributed by atoms with Gasteiger partial charge in [-0.3, -0.25) is 4.57 Å². The lowest BCUT2D eigenvalue weighted by Gasteiger charge is -2.13. The van der Waals surface area contributed by atoms with Gasteiger partial charge in [0.1, 0.15) is 0 Å². The zero-order valence-corrected chi connectivity index (χ0v) is 12.5. The van der Waals surface area contributed by atoms with Crippen molar-refractivity contribution in [3.63, 3.8) is 0 Å². The van der Waals surface area contributed by atoms with Crippen LogP contribution in [0.25, 0.3) is 0 Å². The van der Waals surface area contributed by atoms with Gasteiger partial charge in [-0.05, 0) is 43.4 Å². The number of aromatic amines is 1. The van der Waals surface area contributed by atoms with Crippen LogP contribution in [0.2, 0.25) is 5.02 Å². The fourth-order valence-corrected chi connectivity index (χ4v) is 2.85. The molecular formula is C12H15ClN4OS. The van der Waals surface area contributed by atoms with Crippen LogP contribution in [0.1, 0.15) is 18.5 Å². The molecule has 0 saturated heterocycles. The minimum absolute atomic E-state index is 0.196. The lowest BCUT2D eigenvalue weighted by atomic mass is 10.1. The third-order valence-corrected chi connectivity index (χ3v) is 4.28. The second kappa shape index (κ2) is 5.81. The van der Waals surface area contributed by atoms with Crippen LogP contribution in [0.15, 0.2) is 33.0 Å². The summed E-state index contributed by atoms with van der Waals surface area (Å²) in [6.45, 7) is 2.05. The monoisotopic (exact) mass is 298 g/mol. The minimum Gasteiger partial charge on any atom is -0.313 e. The van der Waals surface area contributed by atoms with E-state index < -0.39 is 0 Å². The molecule has 1 heterocycles. The van der Waals surface area contributed by atoms with Gasteiger partial charge in [-0.1, -0.05) is 17.7 Å². The first-order chi connectivity index (χ1) is 9.02. The van der Waals surface area contributed by atoms with Gasteiger partial charge in [0.05, 0.1) is 0 Å². The molecule has 7 heteroatoms. The van der Waals surface area contributed by atoms with Crippen LogP contribution < -0.4 is 11.0 Å². The summed E-state index contributed by atoms with van der Waals surface area (Å²) in [4.78, 5) is 12.2.